The molecular weight excluding hydrogens is 314 g/mol. The topological polar surface area (TPSA) is 61.4 Å². The second-order valence-corrected chi connectivity index (χ2v) is 7.01. The monoisotopic (exact) mass is 345 g/mol. The highest BCUT2D eigenvalue weighted by atomic mass is 35.5. The summed E-state index contributed by atoms with van der Waals surface area (Å²) < 4.78 is 0. The second kappa shape index (κ2) is 9.48. The van der Waals surface area contributed by atoms with Crippen molar-refractivity contribution in [2.75, 3.05) is 13.1 Å². The molecule has 3 unspecified atom stereocenters. The van der Waals surface area contributed by atoms with E-state index >= 15 is 0 Å². The van der Waals surface area contributed by atoms with Crippen LogP contribution in [0.25, 0.3) is 0 Å². The zero-order valence-corrected chi connectivity index (χ0v) is 15.5. The SMILES string of the molecule is CC(NC(=O)CC1CCCCC1)C(=O)N1CCNC(C)C1C.Cl. The minimum Gasteiger partial charge on any atom is -0.345 e. The van der Waals surface area contributed by atoms with E-state index in [1.54, 1.807) is 6.92 Å². The first-order valence-electron chi connectivity index (χ1n) is 8.82. The third kappa shape index (κ3) is 5.64. The van der Waals surface area contributed by atoms with Crippen molar-refractivity contribution in [1.82, 2.24) is 15.5 Å². The zero-order valence-electron chi connectivity index (χ0n) is 14.6. The molecule has 2 N–H and O–H groups in total. The van der Waals surface area contributed by atoms with Crippen molar-refractivity contribution in [3.8, 4) is 0 Å². The molecule has 0 spiro atoms. The first kappa shape index (κ1) is 20.2. The number of nitrogens with zero attached hydrogens (tertiary/aromatic N) is 1. The van der Waals surface area contributed by atoms with Gasteiger partial charge in [0, 0.05) is 31.6 Å². The van der Waals surface area contributed by atoms with Gasteiger partial charge in [-0.25, -0.2) is 0 Å². The molecule has 1 heterocycles. The third-order valence-corrected chi connectivity index (χ3v) is 5.26. The van der Waals surface area contributed by atoms with Crippen LogP contribution < -0.4 is 10.6 Å². The third-order valence-electron chi connectivity index (χ3n) is 5.26. The van der Waals surface area contributed by atoms with Crippen LogP contribution in [0.15, 0.2) is 0 Å². The van der Waals surface area contributed by atoms with Crippen molar-refractivity contribution in [1.29, 1.82) is 0 Å². The van der Waals surface area contributed by atoms with Crippen LogP contribution in [0.1, 0.15) is 59.3 Å². The molecule has 0 aromatic rings. The van der Waals surface area contributed by atoms with E-state index in [9.17, 15) is 9.59 Å². The fourth-order valence-corrected chi connectivity index (χ4v) is 3.63. The van der Waals surface area contributed by atoms with Gasteiger partial charge in [-0.05, 0) is 39.5 Å². The van der Waals surface area contributed by atoms with Crippen molar-refractivity contribution in [2.45, 2.75) is 77.4 Å². The Morgan fingerprint density at radius 2 is 1.87 bits per heavy atom. The molecule has 6 heteroatoms. The number of carbonyl (C=O) groups excluding carboxylic acids is 2. The lowest BCUT2D eigenvalue weighted by Crippen LogP contribution is -2.60. The first-order chi connectivity index (χ1) is 10.5. The maximum atomic E-state index is 12.6. The van der Waals surface area contributed by atoms with Crippen LogP contribution in [-0.2, 0) is 9.59 Å². The molecular formula is C17H32ClN3O2. The van der Waals surface area contributed by atoms with Gasteiger partial charge in [-0.3, -0.25) is 9.59 Å². The van der Waals surface area contributed by atoms with E-state index in [0.717, 1.165) is 19.4 Å². The molecule has 0 aromatic carbocycles. The van der Waals surface area contributed by atoms with Gasteiger partial charge in [-0.2, -0.15) is 0 Å². The normalized spacial score (nSPS) is 27.0. The van der Waals surface area contributed by atoms with Gasteiger partial charge in [0.05, 0.1) is 0 Å². The second-order valence-electron chi connectivity index (χ2n) is 7.01. The lowest BCUT2D eigenvalue weighted by molar-refractivity contribution is -0.139. The first-order valence-corrected chi connectivity index (χ1v) is 8.82. The van der Waals surface area contributed by atoms with E-state index in [2.05, 4.69) is 24.5 Å². The summed E-state index contributed by atoms with van der Waals surface area (Å²) in [4.78, 5) is 26.6. The summed E-state index contributed by atoms with van der Waals surface area (Å²) in [6.07, 6.45) is 6.66. The largest absolute Gasteiger partial charge is 0.345 e. The van der Waals surface area contributed by atoms with Crippen LogP contribution in [0.4, 0.5) is 0 Å². The van der Waals surface area contributed by atoms with Crippen molar-refractivity contribution in [3.63, 3.8) is 0 Å². The molecule has 1 aliphatic carbocycles. The number of hydrogen-bond acceptors (Lipinski definition) is 3. The Hall–Kier alpha value is -0.810. The van der Waals surface area contributed by atoms with E-state index in [0.29, 0.717) is 24.9 Å². The Balaban J connectivity index is 0.00000264. The fourth-order valence-electron chi connectivity index (χ4n) is 3.63. The molecule has 5 nitrogen and oxygen atoms in total. The van der Waals surface area contributed by atoms with Crippen molar-refractivity contribution in [2.24, 2.45) is 5.92 Å². The van der Waals surface area contributed by atoms with Crippen LogP contribution in [0, 0.1) is 5.92 Å². The van der Waals surface area contributed by atoms with Gasteiger partial charge in [0.1, 0.15) is 6.04 Å². The van der Waals surface area contributed by atoms with Crippen LogP contribution in [0.2, 0.25) is 0 Å². The highest BCUT2D eigenvalue weighted by Gasteiger charge is 2.31. The van der Waals surface area contributed by atoms with Gasteiger partial charge < -0.3 is 15.5 Å². The van der Waals surface area contributed by atoms with Crippen LogP contribution in [-0.4, -0.2) is 47.9 Å². The lowest BCUT2D eigenvalue weighted by atomic mass is 9.87. The fraction of sp³-hybridized carbons (Fsp3) is 0.882. The van der Waals surface area contributed by atoms with Crippen molar-refractivity contribution >= 4 is 24.2 Å². The van der Waals surface area contributed by atoms with Gasteiger partial charge in [-0.1, -0.05) is 19.3 Å². The molecule has 0 aromatic heterocycles. The van der Waals surface area contributed by atoms with Crippen LogP contribution in [0.5, 0.6) is 0 Å². The Morgan fingerprint density at radius 1 is 1.22 bits per heavy atom. The molecule has 1 aliphatic heterocycles. The summed E-state index contributed by atoms with van der Waals surface area (Å²) in [7, 11) is 0. The smallest absolute Gasteiger partial charge is 0.245 e. The number of piperazine rings is 1. The predicted octanol–water partition coefficient (Wildman–Crippen LogP) is 2.09. The van der Waals surface area contributed by atoms with E-state index < -0.39 is 6.04 Å². The van der Waals surface area contributed by atoms with Gasteiger partial charge in [-0.15, -0.1) is 12.4 Å². The Kier molecular flexibility index (Phi) is 8.34. The van der Waals surface area contributed by atoms with E-state index in [1.807, 2.05) is 4.90 Å². The number of halogens is 1. The molecule has 3 atom stereocenters. The molecule has 23 heavy (non-hydrogen) atoms. The quantitative estimate of drug-likeness (QED) is 0.820. The van der Waals surface area contributed by atoms with Crippen molar-refractivity contribution < 1.29 is 9.59 Å². The number of hydrogen-bond donors (Lipinski definition) is 2. The van der Waals surface area contributed by atoms with Crippen LogP contribution >= 0.6 is 12.4 Å². The van der Waals surface area contributed by atoms with Crippen molar-refractivity contribution in [3.05, 3.63) is 0 Å². The van der Waals surface area contributed by atoms with Gasteiger partial charge >= 0.3 is 0 Å². The Labute approximate surface area is 146 Å². The van der Waals surface area contributed by atoms with E-state index in [4.69, 9.17) is 0 Å². The summed E-state index contributed by atoms with van der Waals surface area (Å²) in [6, 6.07) is 0.0330. The Bertz CT molecular complexity index is 399. The summed E-state index contributed by atoms with van der Waals surface area (Å²) >= 11 is 0. The molecule has 0 bridgehead atoms. The number of amides is 2. The molecule has 2 amide bonds. The Morgan fingerprint density at radius 3 is 2.52 bits per heavy atom. The minimum atomic E-state index is -0.427. The zero-order chi connectivity index (χ0) is 16.1. The highest BCUT2D eigenvalue weighted by Crippen LogP contribution is 2.26. The predicted molar refractivity (Wildman–Crippen MR) is 94.7 cm³/mol. The number of carbonyl (C=O) groups is 2. The number of nitrogens with one attached hydrogen (secondary N) is 2. The van der Waals surface area contributed by atoms with Gasteiger partial charge in [0.15, 0.2) is 0 Å². The lowest BCUT2D eigenvalue weighted by Gasteiger charge is -2.40. The standard InChI is InChI=1S/C17H31N3O2.ClH/c1-12-14(3)20(10-9-18-12)17(22)13(2)19-16(21)11-15-7-5-4-6-8-15;/h12-15,18H,4-11H2,1-3H3,(H,19,21);1H. The summed E-state index contributed by atoms with van der Waals surface area (Å²) in [5.74, 6) is 0.579. The van der Waals surface area contributed by atoms with Gasteiger partial charge in [0.2, 0.25) is 11.8 Å². The molecule has 134 valence electrons. The van der Waals surface area contributed by atoms with E-state index in [1.165, 1.54) is 19.3 Å². The summed E-state index contributed by atoms with van der Waals surface area (Å²) in [5, 5.41) is 6.28. The molecule has 2 rings (SSSR count). The molecule has 0 radical (unpaired) electrons. The maximum Gasteiger partial charge on any atom is 0.245 e. The molecule has 2 fully saturated rings. The molecule has 1 saturated carbocycles. The summed E-state index contributed by atoms with van der Waals surface area (Å²) in [5.41, 5.74) is 0. The van der Waals surface area contributed by atoms with Gasteiger partial charge in [0.25, 0.3) is 0 Å². The van der Waals surface area contributed by atoms with Crippen LogP contribution in [0.3, 0.4) is 0 Å². The molecule has 2 aliphatic rings. The average molecular weight is 346 g/mol. The molecule has 1 saturated heterocycles. The minimum absolute atomic E-state index is 0. The maximum absolute atomic E-state index is 12.6. The van der Waals surface area contributed by atoms with E-state index in [-0.39, 0.29) is 30.3 Å². The highest BCUT2D eigenvalue weighted by molar-refractivity contribution is 5.87. The summed E-state index contributed by atoms with van der Waals surface area (Å²) in [6.45, 7) is 7.50. The number of rotatable bonds is 4. The average Bonchev–Trinajstić information content (AvgIpc) is 2.50.